The van der Waals surface area contributed by atoms with E-state index in [-0.39, 0.29) is 0 Å². The molecule has 0 aromatic heterocycles. The molecule has 1 saturated carbocycles. The van der Waals surface area contributed by atoms with Gasteiger partial charge in [-0.1, -0.05) is 105 Å². The van der Waals surface area contributed by atoms with Gasteiger partial charge in [-0.3, -0.25) is 0 Å². The fourth-order valence-electron chi connectivity index (χ4n) is 4.80. The highest BCUT2D eigenvalue weighted by Gasteiger charge is 2.64. The van der Waals surface area contributed by atoms with Crippen LogP contribution in [0.4, 0.5) is 5.69 Å². The quantitative estimate of drug-likeness (QED) is 0.297. The standard InChI is InChI=1S/C27H36ClNSi2/c1-30(2,3)18-16-23-25(20-12-14-21(28)15-13-20)26(23)27-24(17-19-31(4,5)6)29(27)22-10-8-7-9-11-22/h7-19,23-27H,1-6H3/b18-16+,19-17+/t23-,24-,25-,26+,27+,29?/m0/s1. The van der Waals surface area contributed by atoms with Crippen molar-refractivity contribution in [2.45, 2.75) is 57.3 Å². The van der Waals surface area contributed by atoms with Crippen molar-refractivity contribution in [3.63, 3.8) is 0 Å². The molecular weight excluding hydrogens is 430 g/mol. The Morgan fingerprint density at radius 2 is 1.35 bits per heavy atom. The van der Waals surface area contributed by atoms with E-state index < -0.39 is 16.1 Å². The van der Waals surface area contributed by atoms with Gasteiger partial charge in [0.05, 0.1) is 28.2 Å². The Bertz CT molecular complexity index is 953. The maximum Gasteiger partial charge on any atom is 0.0683 e. The van der Waals surface area contributed by atoms with Gasteiger partial charge in [0.2, 0.25) is 0 Å². The van der Waals surface area contributed by atoms with Crippen LogP contribution >= 0.6 is 11.6 Å². The van der Waals surface area contributed by atoms with E-state index in [1.54, 1.807) is 0 Å². The maximum atomic E-state index is 6.19. The summed E-state index contributed by atoms with van der Waals surface area (Å²) in [7, 11) is -2.45. The summed E-state index contributed by atoms with van der Waals surface area (Å²) in [6.07, 6.45) is 5.07. The van der Waals surface area contributed by atoms with Crippen LogP contribution in [0.5, 0.6) is 0 Å². The van der Waals surface area contributed by atoms with Crippen LogP contribution in [0.2, 0.25) is 44.3 Å². The Kier molecular flexibility index (Phi) is 6.15. The van der Waals surface area contributed by atoms with Gasteiger partial charge in [0.25, 0.3) is 0 Å². The SMILES string of the molecule is C[Si](C)(C)/C=C/[C@H]1[C@H](c2ccc(Cl)cc2)[C@@H]1[C@H]1[C@H](/C=C/[Si](C)(C)C)N1c1ccccc1. The number of rotatable bonds is 7. The molecule has 1 heterocycles. The first kappa shape index (κ1) is 22.6. The van der Waals surface area contributed by atoms with Crippen molar-refractivity contribution in [2.75, 3.05) is 4.90 Å². The number of para-hydroxylation sites is 1. The number of hydrogen-bond donors (Lipinski definition) is 0. The van der Waals surface area contributed by atoms with Gasteiger partial charge in [0.1, 0.15) is 0 Å². The lowest BCUT2D eigenvalue weighted by Gasteiger charge is -2.08. The van der Waals surface area contributed by atoms with Gasteiger partial charge >= 0.3 is 0 Å². The van der Waals surface area contributed by atoms with Crippen molar-refractivity contribution < 1.29 is 0 Å². The van der Waals surface area contributed by atoms with Crippen LogP contribution in [0.25, 0.3) is 0 Å². The highest BCUT2D eigenvalue weighted by atomic mass is 35.5. The van der Waals surface area contributed by atoms with Gasteiger partial charge < -0.3 is 4.90 Å². The fraction of sp³-hybridized carbons (Fsp3) is 0.407. The van der Waals surface area contributed by atoms with E-state index in [2.05, 4.69) is 122 Å². The van der Waals surface area contributed by atoms with E-state index >= 15 is 0 Å². The second-order valence-electron chi connectivity index (χ2n) is 11.4. The minimum absolute atomic E-state index is 0.513. The van der Waals surface area contributed by atoms with Crippen LogP contribution in [-0.2, 0) is 0 Å². The summed E-state index contributed by atoms with van der Waals surface area (Å²) >= 11 is 6.19. The zero-order valence-corrected chi connectivity index (χ0v) is 22.5. The van der Waals surface area contributed by atoms with Crippen LogP contribution in [0.3, 0.4) is 0 Å². The van der Waals surface area contributed by atoms with Gasteiger partial charge in [-0.2, -0.15) is 0 Å². The van der Waals surface area contributed by atoms with Crippen LogP contribution in [0.1, 0.15) is 11.5 Å². The predicted molar refractivity (Wildman–Crippen MR) is 143 cm³/mol. The molecule has 0 radical (unpaired) electrons. The Balaban J connectivity index is 1.65. The molecule has 164 valence electrons. The third-order valence-corrected chi connectivity index (χ3v) is 8.99. The highest BCUT2D eigenvalue weighted by molar-refractivity contribution is 6.81. The van der Waals surface area contributed by atoms with Gasteiger partial charge in [-0.15, -0.1) is 0 Å². The summed E-state index contributed by atoms with van der Waals surface area (Å²) in [5.74, 6) is 1.87. The van der Waals surface area contributed by atoms with Crippen molar-refractivity contribution >= 4 is 33.4 Å². The summed E-state index contributed by atoms with van der Waals surface area (Å²) in [6.45, 7) is 14.5. The summed E-state index contributed by atoms with van der Waals surface area (Å²) in [4.78, 5) is 2.65. The average molecular weight is 466 g/mol. The zero-order chi connectivity index (χ0) is 22.4. The summed E-state index contributed by atoms with van der Waals surface area (Å²) in [5.41, 5.74) is 7.86. The van der Waals surface area contributed by atoms with Gasteiger partial charge in [-0.25, -0.2) is 0 Å². The molecule has 2 aliphatic rings. The molecule has 0 amide bonds. The highest BCUT2D eigenvalue weighted by Crippen LogP contribution is 2.63. The summed E-state index contributed by atoms with van der Waals surface area (Å²) in [6, 6.07) is 20.6. The molecule has 2 aromatic carbocycles. The van der Waals surface area contributed by atoms with Crippen molar-refractivity contribution in [3.05, 3.63) is 88.7 Å². The second-order valence-corrected chi connectivity index (χ2v) is 22.0. The van der Waals surface area contributed by atoms with Crippen molar-refractivity contribution in [1.82, 2.24) is 0 Å². The Labute approximate surface area is 195 Å². The van der Waals surface area contributed by atoms with Crippen LogP contribution in [0, 0.1) is 11.8 Å². The average Bonchev–Trinajstić information content (AvgIpc) is 3.57. The monoisotopic (exact) mass is 465 g/mol. The van der Waals surface area contributed by atoms with E-state index in [0.717, 1.165) is 5.02 Å². The predicted octanol–water partition coefficient (Wildman–Crippen LogP) is 7.79. The van der Waals surface area contributed by atoms with Crippen LogP contribution in [0.15, 0.2) is 78.1 Å². The number of nitrogens with zero attached hydrogens (tertiary/aromatic N) is 1. The molecular formula is C27H36ClNSi2. The molecule has 0 spiro atoms. The first-order valence-corrected chi connectivity index (χ1v) is 19.1. The largest absolute Gasteiger partial charge is 0.357 e. The molecule has 31 heavy (non-hydrogen) atoms. The molecule has 2 aromatic rings. The van der Waals surface area contributed by atoms with Crippen LogP contribution < -0.4 is 4.90 Å². The van der Waals surface area contributed by atoms with E-state index in [0.29, 0.717) is 29.8 Å². The topological polar surface area (TPSA) is 3.01 Å². The lowest BCUT2D eigenvalue weighted by Crippen LogP contribution is -2.16. The molecule has 2 fully saturated rings. The van der Waals surface area contributed by atoms with E-state index in [9.17, 15) is 0 Å². The van der Waals surface area contributed by atoms with E-state index in [1.165, 1.54) is 11.3 Å². The number of hydrogen-bond acceptors (Lipinski definition) is 1. The number of anilines is 1. The minimum atomic E-state index is -1.23. The Hall–Kier alpha value is -1.56. The number of benzene rings is 2. The number of halogens is 1. The molecule has 4 heteroatoms. The van der Waals surface area contributed by atoms with Crippen molar-refractivity contribution in [2.24, 2.45) is 11.8 Å². The van der Waals surface area contributed by atoms with Crippen LogP contribution in [-0.4, -0.2) is 28.2 Å². The smallest absolute Gasteiger partial charge is 0.0683 e. The van der Waals surface area contributed by atoms with Crippen molar-refractivity contribution in [3.8, 4) is 0 Å². The molecule has 5 atom stereocenters. The molecule has 0 bridgehead atoms. The Morgan fingerprint density at radius 3 is 1.94 bits per heavy atom. The maximum absolute atomic E-state index is 6.19. The molecule has 0 N–H and O–H groups in total. The normalized spacial score (nSPS) is 28.5. The van der Waals surface area contributed by atoms with Gasteiger partial charge in [-0.05, 0) is 47.6 Å². The fourth-order valence-corrected chi connectivity index (χ4v) is 6.50. The molecule has 1 saturated heterocycles. The van der Waals surface area contributed by atoms with E-state index in [4.69, 9.17) is 11.6 Å². The Morgan fingerprint density at radius 1 is 0.774 bits per heavy atom. The van der Waals surface area contributed by atoms with Gasteiger partial charge in [0, 0.05) is 10.7 Å². The first-order valence-electron chi connectivity index (χ1n) is 11.5. The second kappa shape index (κ2) is 8.42. The summed E-state index contributed by atoms with van der Waals surface area (Å²) in [5, 5.41) is 0.823. The molecule has 0 unspecified atom stereocenters. The summed E-state index contributed by atoms with van der Waals surface area (Å²) < 4.78 is 0. The van der Waals surface area contributed by atoms with Crippen molar-refractivity contribution in [1.29, 1.82) is 0 Å². The lowest BCUT2D eigenvalue weighted by atomic mass is 10.1. The number of allylic oxidation sites excluding steroid dienone is 1. The molecule has 1 nitrogen and oxygen atoms in total. The van der Waals surface area contributed by atoms with E-state index in [1.807, 2.05) is 0 Å². The molecule has 1 aliphatic heterocycles. The lowest BCUT2D eigenvalue weighted by molar-refractivity contribution is 0.754. The zero-order valence-electron chi connectivity index (χ0n) is 19.7. The third kappa shape index (κ3) is 5.44. The molecule has 4 rings (SSSR count). The molecule has 1 aliphatic carbocycles. The minimum Gasteiger partial charge on any atom is -0.357 e. The third-order valence-electron chi connectivity index (χ3n) is 6.35. The van der Waals surface area contributed by atoms with Gasteiger partial charge in [0.15, 0.2) is 0 Å². The first-order chi connectivity index (χ1) is 14.6.